The van der Waals surface area contributed by atoms with E-state index in [1.807, 2.05) is 19.2 Å². The van der Waals surface area contributed by atoms with Gasteiger partial charge in [-0.1, -0.05) is 12.1 Å². The molecule has 0 aromatic heterocycles. The molecule has 2 atom stereocenters. The van der Waals surface area contributed by atoms with Crippen LogP contribution in [0.4, 0.5) is 5.69 Å². The topological polar surface area (TPSA) is 38.3 Å². The van der Waals surface area contributed by atoms with Crippen molar-refractivity contribution in [1.82, 2.24) is 4.90 Å². The quantitative estimate of drug-likeness (QED) is 0.793. The van der Waals surface area contributed by atoms with Crippen molar-refractivity contribution in [1.29, 1.82) is 0 Å². The fourth-order valence-corrected chi connectivity index (χ4v) is 3.62. The third-order valence-corrected chi connectivity index (χ3v) is 4.68. The normalized spacial score (nSPS) is 26.7. The van der Waals surface area contributed by atoms with Crippen molar-refractivity contribution in [3.8, 4) is 0 Å². The van der Waals surface area contributed by atoms with E-state index in [-0.39, 0.29) is 5.25 Å². The van der Waals surface area contributed by atoms with Gasteiger partial charge >= 0.3 is 0 Å². The van der Waals surface area contributed by atoms with Gasteiger partial charge in [0.15, 0.2) is 5.25 Å². The Morgan fingerprint density at radius 3 is 2.69 bits per heavy atom. The molecule has 0 radical (unpaired) electrons. The van der Waals surface area contributed by atoms with E-state index in [1.54, 1.807) is 0 Å². The molecule has 2 unspecified atom stereocenters. The van der Waals surface area contributed by atoms with Gasteiger partial charge in [0.1, 0.15) is 5.75 Å². The molecule has 1 aliphatic heterocycles. The molecular weight excluding hydrogens is 220 g/mol. The molecule has 0 spiro atoms. The lowest BCUT2D eigenvalue weighted by Crippen LogP contribution is -2.40. The van der Waals surface area contributed by atoms with Gasteiger partial charge in [0.25, 0.3) is 0 Å². The van der Waals surface area contributed by atoms with Crippen molar-refractivity contribution in [2.45, 2.75) is 5.25 Å². The molecule has 4 heteroatoms. The van der Waals surface area contributed by atoms with E-state index in [9.17, 15) is 4.55 Å². The average Bonchev–Trinajstić information content (AvgIpc) is 2.32. The fraction of sp³-hybridized carbons (Fsp3) is 0.500. The van der Waals surface area contributed by atoms with Gasteiger partial charge < -0.3 is 9.87 Å². The number of nitrogens with one attached hydrogen (secondary N) is 1. The summed E-state index contributed by atoms with van der Waals surface area (Å²) >= 11 is -0.720. The lowest BCUT2D eigenvalue weighted by molar-refractivity contribution is 0.333. The van der Waals surface area contributed by atoms with E-state index >= 15 is 0 Å². The van der Waals surface area contributed by atoms with E-state index in [0.717, 1.165) is 24.5 Å². The number of nitrogens with zero attached hydrogens (tertiary/aromatic N) is 1. The van der Waals surface area contributed by atoms with Gasteiger partial charge in [-0.2, -0.15) is 0 Å². The van der Waals surface area contributed by atoms with Gasteiger partial charge in [-0.05, 0) is 30.4 Å². The Balaban J connectivity index is 2.15. The molecule has 0 bridgehead atoms. The molecule has 1 aliphatic rings. The van der Waals surface area contributed by atoms with Crippen molar-refractivity contribution in [2.24, 2.45) is 0 Å². The molecule has 1 aromatic carbocycles. The summed E-state index contributed by atoms with van der Waals surface area (Å²) in [6.07, 6.45) is 0. The van der Waals surface area contributed by atoms with Crippen LogP contribution in [0.3, 0.4) is 0 Å². The lowest BCUT2D eigenvalue weighted by atomic mass is 10.1. The predicted octanol–water partition coefficient (Wildman–Crippen LogP) is 1.46. The minimum Gasteiger partial charge on any atom is -0.616 e. The smallest absolute Gasteiger partial charge is 0.153 e. The summed E-state index contributed by atoms with van der Waals surface area (Å²) in [5.74, 6) is 0.787. The second kappa shape index (κ2) is 5.08. The summed E-state index contributed by atoms with van der Waals surface area (Å²) in [4.78, 5) is 2.25. The Kier molecular flexibility index (Phi) is 3.74. The first-order valence-corrected chi connectivity index (χ1v) is 6.92. The van der Waals surface area contributed by atoms with Crippen LogP contribution in [-0.4, -0.2) is 42.4 Å². The van der Waals surface area contributed by atoms with Gasteiger partial charge in [-0.25, -0.2) is 0 Å². The zero-order valence-electron chi connectivity index (χ0n) is 9.77. The maximum atomic E-state index is 12.0. The summed E-state index contributed by atoms with van der Waals surface area (Å²) in [7, 11) is 3.99. The standard InChI is InChI=1S/C12H18N2OS/c1-13-11-5-3-10(4-6-11)12-9-14(2)7-8-16(12)15/h3-6,12-13H,7-9H2,1-2H3. The zero-order valence-corrected chi connectivity index (χ0v) is 10.6. The van der Waals surface area contributed by atoms with Crippen LogP contribution in [-0.2, 0) is 11.2 Å². The number of anilines is 1. The lowest BCUT2D eigenvalue weighted by Gasteiger charge is -2.32. The highest BCUT2D eigenvalue weighted by molar-refractivity contribution is 7.91. The maximum Gasteiger partial charge on any atom is 0.153 e. The van der Waals surface area contributed by atoms with Crippen LogP contribution in [0, 0.1) is 0 Å². The third kappa shape index (κ3) is 2.51. The molecule has 0 amide bonds. The van der Waals surface area contributed by atoms with Crippen molar-refractivity contribution in [3.05, 3.63) is 29.8 Å². The summed E-state index contributed by atoms with van der Waals surface area (Å²) in [6, 6.07) is 8.24. The van der Waals surface area contributed by atoms with Gasteiger partial charge in [-0.15, -0.1) is 0 Å². The molecule has 0 aliphatic carbocycles. The number of rotatable bonds is 2. The Bertz CT molecular complexity index is 341. The minimum absolute atomic E-state index is 0.171. The highest BCUT2D eigenvalue weighted by atomic mass is 32.2. The molecule has 0 saturated carbocycles. The van der Waals surface area contributed by atoms with Gasteiger partial charge in [-0.3, -0.25) is 4.90 Å². The van der Waals surface area contributed by atoms with Crippen molar-refractivity contribution in [3.63, 3.8) is 0 Å². The molecule has 2 rings (SSSR count). The second-order valence-electron chi connectivity index (χ2n) is 4.21. The number of likely N-dealkylation sites (N-methyl/N-ethyl adjacent to an activating group) is 1. The molecule has 1 aromatic rings. The summed E-state index contributed by atoms with van der Waals surface area (Å²) in [5, 5.41) is 3.26. The van der Waals surface area contributed by atoms with Crippen LogP contribution >= 0.6 is 0 Å². The van der Waals surface area contributed by atoms with Crippen LogP contribution in [0.2, 0.25) is 0 Å². The second-order valence-corrected chi connectivity index (χ2v) is 5.95. The van der Waals surface area contributed by atoms with Gasteiger partial charge in [0.05, 0.1) is 6.54 Å². The molecular formula is C12H18N2OS. The molecule has 1 heterocycles. The predicted molar refractivity (Wildman–Crippen MR) is 69.2 cm³/mol. The molecule has 3 nitrogen and oxygen atoms in total. The van der Waals surface area contributed by atoms with Crippen LogP contribution in [0.15, 0.2) is 24.3 Å². The highest BCUT2D eigenvalue weighted by Gasteiger charge is 2.30. The molecule has 1 N–H and O–H groups in total. The Hall–Kier alpha value is -0.710. The number of benzene rings is 1. The van der Waals surface area contributed by atoms with E-state index in [4.69, 9.17) is 0 Å². The first-order valence-electron chi connectivity index (χ1n) is 5.54. The molecule has 1 saturated heterocycles. The van der Waals surface area contributed by atoms with E-state index in [2.05, 4.69) is 29.4 Å². The molecule has 88 valence electrons. The highest BCUT2D eigenvalue weighted by Crippen LogP contribution is 2.28. The summed E-state index contributed by atoms with van der Waals surface area (Å²) in [5.41, 5.74) is 2.28. The van der Waals surface area contributed by atoms with Crippen molar-refractivity contribution < 1.29 is 4.55 Å². The number of hydrogen-bond donors (Lipinski definition) is 1. The van der Waals surface area contributed by atoms with E-state index in [0.29, 0.717) is 0 Å². The van der Waals surface area contributed by atoms with Gasteiger partial charge in [0.2, 0.25) is 0 Å². The van der Waals surface area contributed by atoms with Gasteiger partial charge in [0, 0.05) is 24.8 Å². The average molecular weight is 238 g/mol. The first-order chi connectivity index (χ1) is 7.70. The van der Waals surface area contributed by atoms with Crippen LogP contribution in [0.5, 0.6) is 0 Å². The van der Waals surface area contributed by atoms with Crippen molar-refractivity contribution >= 4 is 16.9 Å². The number of hydrogen-bond acceptors (Lipinski definition) is 3. The molecule has 1 fully saturated rings. The maximum absolute atomic E-state index is 12.0. The van der Waals surface area contributed by atoms with Crippen LogP contribution < -0.4 is 5.32 Å². The Morgan fingerprint density at radius 2 is 2.06 bits per heavy atom. The van der Waals surface area contributed by atoms with Crippen LogP contribution in [0.25, 0.3) is 0 Å². The SMILES string of the molecule is CNc1ccc(C2CN(C)CC[S+]2[O-])cc1. The first kappa shape index (κ1) is 11.8. The Labute approximate surface area is 100 Å². The summed E-state index contributed by atoms with van der Waals surface area (Å²) in [6.45, 7) is 1.84. The van der Waals surface area contributed by atoms with Crippen molar-refractivity contribution in [2.75, 3.05) is 38.3 Å². The minimum atomic E-state index is -0.720. The third-order valence-electron chi connectivity index (χ3n) is 3.04. The van der Waals surface area contributed by atoms with E-state index in [1.165, 1.54) is 5.56 Å². The summed E-state index contributed by atoms with van der Waals surface area (Å²) < 4.78 is 12.0. The fourth-order valence-electron chi connectivity index (χ4n) is 1.97. The van der Waals surface area contributed by atoms with E-state index < -0.39 is 11.2 Å². The largest absolute Gasteiger partial charge is 0.616 e. The van der Waals surface area contributed by atoms with Crippen LogP contribution in [0.1, 0.15) is 10.8 Å². The molecule has 16 heavy (non-hydrogen) atoms. The zero-order chi connectivity index (χ0) is 11.5. The Morgan fingerprint density at radius 1 is 1.38 bits per heavy atom. The monoisotopic (exact) mass is 238 g/mol.